The van der Waals surface area contributed by atoms with E-state index in [-0.39, 0.29) is 18.4 Å². The van der Waals surface area contributed by atoms with Gasteiger partial charge in [-0.1, -0.05) is 30.5 Å². The van der Waals surface area contributed by atoms with Crippen molar-refractivity contribution < 1.29 is 9.59 Å². The van der Waals surface area contributed by atoms with Gasteiger partial charge in [0.05, 0.1) is 11.1 Å². The van der Waals surface area contributed by atoms with Gasteiger partial charge in [-0.2, -0.15) is 0 Å². The van der Waals surface area contributed by atoms with Crippen molar-refractivity contribution in [3.63, 3.8) is 0 Å². The Morgan fingerprint density at radius 2 is 1.92 bits per heavy atom. The van der Waals surface area contributed by atoms with Crippen LogP contribution in [0.25, 0.3) is 10.9 Å². The Balaban J connectivity index is 1.82. The second-order valence-corrected chi connectivity index (χ2v) is 7.08. The van der Waals surface area contributed by atoms with Crippen molar-refractivity contribution >= 4 is 34.3 Å². The average Bonchev–Trinajstić information content (AvgIpc) is 2.94. The van der Waals surface area contributed by atoms with Gasteiger partial charge in [0.15, 0.2) is 0 Å². The molecular formula is C20H24ClN3O2. The number of likely N-dealkylation sites (tertiary alicyclic amines) is 1. The molecule has 0 atom stereocenters. The molecule has 2 heterocycles. The average molecular weight is 374 g/mol. The van der Waals surface area contributed by atoms with Crippen LogP contribution in [0.15, 0.2) is 30.5 Å². The van der Waals surface area contributed by atoms with E-state index in [9.17, 15) is 9.59 Å². The summed E-state index contributed by atoms with van der Waals surface area (Å²) in [5.41, 5.74) is 1.06. The van der Waals surface area contributed by atoms with Crippen molar-refractivity contribution in [2.75, 3.05) is 26.2 Å². The zero-order chi connectivity index (χ0) is 18.5. The summed E-state index contributed by atoms with van der Waals surface area (Å²) >= 11 is 6.19. The number of amides is 2. The number of halogens is 1. The Bertz CT molecular complexity index is 801. The van der Waals surface area contributed by atoms with Crippen LogP contribution in [0.2, 0.25) is 5.02 Å². The number of hydrogen-bond acceptors (Lipinski definition) is 3. The summed E-state index contributed by atoms with van der Waals surface area (Å²) in [6, 6.07) is 7.12. The standard InChI is InChI=1S/C20H24ClN3O2/c1-2-23(14-18(25)24-10-5-3-4-6-11-24)20(26)17-13-16(21)12-15-8-7-9-22-19(15)17/h7-9,12-13H,2-6,10-11,14H2,1H3. The lowest BCUT2D eigenvalue weighted by Gasteiger charge is -2.26. The molecule has 0 bridgehead atoms. The van der Waals surface area contributed by atoms with E-state index in [1.807, 2.05) is 24.0 Å². The van der Waals surface area contributed by atoms with Crippen molar-refractivity contribution in [1.29, 1.82) is 0 Å². The van der Waals surface area contributed by atoms with Crippen LogP contribution >= 0.6 is 11.6 Å². The Labute approximate surface area is 158 Å². The van der Waals surface area contributed by atoms with Crippen molar-refractivity contribution in [2.24, 2.45) is 0 Å². The normalized spacial score (nSPS) is 14.9. The number of carbonyl (C=O) groups is 2. The molecule has 3 rings (SSSR count). The van der Waals surface area contributed by atoms with Gasteiger partial charge in [-0.25, -0.2) is 0 Å². The zero-order valence-electron chi connectivity index (χ0n) is 15.1. The monoisotopic (exact) mass is 373 g/mol. The molecule has 0 aliphatic carbocycles. The van der Waals surface area contributed by atoms with Crippen molar-refractivity contribution in [3.05, 3.63) is 41.0 Å². The fourth-order valence-corrected chi connectivity index (χ4v) is 3.63. The minimum atomic E-state index is -0.207. The third-order valence-corrected chi connectivity index (χ3v) is 5.07. The topological polar surface area (TPSA) is 53.5 Å². The van der Waals surface area contributed by atoms with Gasteiger partial charge in [-0.05, 0) is 38.0 Å². The number of hydrogen-bond donors (Lipinski definition) is 0. The molecule has 0 radical (unpaired) electrons. The minimum Gasteiger partial charge on any atom is -0.341 e. The van der Waals surface area contributed by atoms with E-state index in [0.717, 1.165) is 31.3 Å². The van der Waals surface area contributed by atoms with Crippen LogP contribution < -0.4 is 0 Å². The highest BCUT2D eigenvalue weighted by atomic mass is 35.5. The highest BCUT2D eigenvalue weighted by Gasteiger charge is 2.23. The number of benzene rings is 1. The molecule has 1 fully saturated rings. The van der Waals surface area contributed by atoms with Crippen molar-refractivity contribution in [2.45, 2.75) is 32.6 Å². The lowest BCUT2D eigenvalue weighted by atomic mass is 10.1. The molecular weight excluding hydrogens is 350 g/mol. The summed E-state index contributed by atoms with van der Waals surface area (Å²) in [5, 5.41) is 1.31. The van der Waals surface area contributed by atoms with Gasteiger partial charge in [0.25, 0.3) is 5.91 Å². The smallest absolute Gasteiger partial charge is 0.256 e. The van der Waals surface area contributed by atoms with Crippen LogP contribution in [0.4, 0.5) is 0 Å². The number of aromatic nitrogens is 1. The lowest BCUT2D eigenvalue weighted by molar-refractivity contribution is -0.131. The van der Waals surface area contributed by atoms with Gasteiger partial charge in [0.1, 0.15) is 6.54 Å². The van der Waals surface area contributed by atoms with Crippen LogP contribution in [0, 0.1) is 0 Å². The van der Waals surface area contributed by atoms with Gasteiger partial charge in [0.2, 0.25) is 5.91 Å². The van der Waals surface area contributed by atoms with E-state index < -0.39 is 0 Å². The summed E-state index contributed by atoms with van der Waals surface area (Å²) in [6.07, 6.45) is 6.07. The summed E-state index contributed by atoms with van der Waals surface area (Å²) < 4.78 is 0. The minimum absolute atomic E-state index is 0.0152. The molecule has 6 heteroatoms. The first-order valence-corrected chi connectivity index (χ1v) is 9.59. The first kappa shape index (κ1) is 18.6. The number of nitrogens with zero attached hydrogens (tertiary/aromatic N) is 3. The van der Waals surface area contributed by atoms with E-state index in [1.165, 1.54) is 12.8 Å². The predicted octanol–water partition coefficient (Wildman–Crippen LogP) is 3.75. The maximum Gasteiger partial charge on any atom is 0.256 e. The fourth-order valence-electron chi connectivity index (χ4n) is 3.40. The third-order valence-electron chi connectivity index (χ3n) is 4.85. The highest BCUT2D eigenvalue weighted by Crippen LogP contribution is 2.23. The summed E-state index contributed by atoms with van der Waals surface area (Å²) in [4.78, 5) is 33.6. The molecule has 0 spiro atoms. The number of fused-ring (bicyclic) bond motifs is 1. The molecule has 5 nitrogen and oxygen atoms in total. The summed E-state index contributed by atoms with van der Waals surface area (Å²) in [6.45, 7) is 4.00. The summed E-state index contributed by atoms with van der Waals surface area (Å²) in [7, 11) is 0. The van der Waals surface area contributed by atoms with Gasteiger partial charge in [0, 0.05) is 36.2 Å². The van der Waals surface area contributed by atoms with Crippen molar-refractivity contribution in [1.82, 2.24) is 14.8 Å². The molecule has 1 aliphatic heterocycles. The Kier molecular flexibility index (Phi) is 6.09. The molecule has 0 saturated carbocycles. The van der Waals surface area contributed by atoms with E-state index in [4.69, 9.17) is 11.6 Å². The first-order valence-electron chi connectivity index (χ1n) is 9.21. The maximum atomic E-state index is 13.1. The fraction of sp³-hybridized carbons (Fsp3) is 0.450. The van der Waals surface area contributed by atoms with Gasteiger partial charge >= 0.3 is 0 Å². The molecule has 2 amide bonds. The predicted molar refractivity (Wildman–Crippen MR) is 103 cm³/mol. The number of likely N-dealkylation sites (N-methyl/N-ethyl adjacent to an activating group) is 1. The lowest BCUT2D eigenvalue weighted by Crippen LogP contribution is -2.43. The van der Waals surface area contributed by atoms with Crippen LogP contribution in [-0.2, 0) is 4.79 Å². The Morgan fingerprint density at radius 1 is 1.19 bits per heavy atom. The quantitative estimate of drug-likeness (QED) is 0.820. The van der Waals surface area contributed by atoms with Gasteiger partial charge < -0.3 is 9.80 Å². The molecule has 1 aromatic carbocycles. The maximum absolute atomic E-state index is 13.1. The van der Waals surface area contributed by atoms with Crippen LogP contribution in [0.3, 0.4) is 0 Å². The summed E-state index contributed by atoms with van der Waals surface area (Å²) in [5.74, 6) is -0.191. The largest absolute Gasteiger partial charge is 0.341 e. The van der Waals surface area contributed by atoms with Crippen LogP contribution in [0.1, 0.15) is 43.0 Å². The van der Waals surface area contributed by atoms with E-state index in [0.29, 0.717) is 22.6 Å². The highest BCUT2D eigenvalue weighted by molar-refractivity contribution is 6.32. The molecule has 26 heavy (non-hydrogen) atoms. The molecule has 1 aromatic heterocycles. The first-order chi connectivity index (χ1) is 12.6. The number of pyridine rings is 1. The van der Waals surface area contributed by atoms with Crippen LogP contribution in [0.5, 0.6) is 0 Å². The van der Waals surface area contributed by atoms with Crippen LogP contribution in [-0.4, -0.2) is 52.8 Å². The Morgan fingerprint density at radius 3 is 2.62 bits per heavy atom. The molecule has 138 valence electrons. The van der Waals surface area contributed by atoms with Crippen molar-refractivity contribution in [3.8, 4) is 0 Å². The molecule has 1 saturated heterocycles. The van der Waals surface area contributed by atoms with E-state index >= 15 is 0 Å². The second-order valence-electron chi connectivity index (χ2n) is 6.64. The van der Waals surface area contributed by atoms with Gasteiger partial charge in [-0.15, -0.1) is 0 Å². The molecule has 0 N–H and O–H groups in total. The SMILES string of the molecule is CCN(CC(=O)N1CCCCCC1)C(=O)c1cc(Cl)cc2cccnc12. The number of carbonyl (C=O) groups excluding carboxylic acids is 2. The van der Waals surface area contributed by atoms with E-state index in [2.05, 4.69) is 4.98 Å². The number of rotatable bonds is 4. The molecule has 1 aliphatic rings. The molecule has 0 unspecified atom stereocenters. The third kappa shape index (κ3) is 4.15. The zero-order valence-corrected chi connectivity index (χ0v) is 15.8. The van der Waals surface area contributed by atoms with E-state index in [1.54, 1.807) is 23.2 Å². The second kappa shape index (κ2) is 8.49. The molecule has 2 aromatic rings. The Hall–Kier alpha value is -2.14. The van der Waals surface area contributed by atoms with Gasteiger partial charge in [-0.3, -0.25) is 14.6 Å².